The van der Waals surface area contributed by atoms with Crippen LogP contribution in [0.1, 0.15) is 83.2 Å². The van der Waals surface area contributed by atoms with Crippen LogP contribution in [0.5, 0.6) is 0 Å². The van der Waals surface area contributed by atoms with E-state index >= 15 is 0 Å². The molecular formula is C21H31N. The lowest BCUT2D eigenvalue weighted by Gasteiger charge is -2.13. The molecule has 1 atom stereocenters. The van der Waals surface area contributed by atoms with Gasteiger partial charge >= 0.3 is 0 Å². The average Bonchev–Trinajstić information content (AvgIpc) is 2.56. The normalized spacial score (nSPS) is 12.6. The Morgan fingerprint density at radius 3 is 2.32 bits per heavy atom. The van der Waals surface area contributed by atoms with Crippen LogP contribution >= 0.6 is 0 Å². The van der Waals surface area contributed by atoms with Crippen molar-refractivity contribution >= 4 is 10.8 Å². The summed E-state index contributed by atoms with van der Waals surface area (Å²) in [4.78, 5) is 4.66. The van der Waals surface area contributed by atoms with Gasteiger partial charge in [-0.1, -0.05) is 89.5 Å². The quantitative estimate of drug-likeness (QED) is 0.436. The molecule has 1 unspecified atom stereocenters. The second-order valence-electron chi connectivity index (χ2n) is 6.58. The van der Waals surface area contributed by atoms with Gasteiger partial charge in [0.1, 0.15) is 0 Å². The summed E-state index contributed by atoms with van der Waals surface area (Å²) in [6, 6.07) is 10.7. The lowest BCUT2D eigenvalue weighted by molar-refractivity contribution is 0.541. The van der Waals surface area contributed by atoms with Gasteiger partial charge in [-0.2, -0.15) is 0 Å². The van der Waals surface area contributed by atoms with Gasteiger partial charge in [0, 0.05) is 11.6 Å². The summed E-state index contributed by atoms with van der Waals surface area (Å²) in [5.74, 6) is 0.561. The summed E-state index contributed by atoms with van der Waals surface area (Å²) < 4.78 is 0. The molecule has 2 rings (SSSR count). The minimum absolute atomic E-state index is 0.561. The smallest absolute Gasteiger partial charge is 0.0509 e. The number of unbranched alkanes of at least 4 members (excludes halogenated alkanes) is 7. The Hall–Kier alpha value is -1.37. The fourth-order valence-corrected chi connectivity index (χ4v) is 3.26. The molecule has 0 spiro atoms. The van der Waals surface area contributed by atoms with Gasteiger partial charge in [-0.15, -0.1) is 0 Å². The van der Waals surface area contributed by atoms with Crippen LogP contribution in [0.2, 0.25) is 0 Å². The minimum Gasteiger partial charge on any atom is -0.260 e. The maximum absolute atomic E-state index is 4.66. The SMILES string of the molecule is CCCCCCCCCCC(C)c1nccc2ccccc12. The van der Waals surface area contributed by atoms with E-state index in [1.54, 1.807) is 0 Å². The van der Waals surface area contributed by atoms with Crippen LogP contribution in [0.25, 0.3) is 10.8 Å². The number of fused-ring (bicyclic) bond motifs is 1. The first-order valence-electron chi connectivity index (χ1n) is 9.16. The molecule has 0 aliphatic carbocycles. The number of hydrogen-bond acceptors (Lipinski definition) is 1. The molecule has 1 heteroatoms. The fraction of sp³-hybridized carbons (Fsp3) is 0.571. The molecule has 2 aromatic rings. The molecule has 0 radical (unpaired) electrons. The molecule has 0 aliphatic rings. The van der Waals surface area contributed by atoms with E-state index in [1.807, 2.05) is 6.20 Å². The fourth-order valence-electron chi connectivity index (χ4n) is 3.26. The third-order valence-corrected chi connectivity index (χ3v) is 4.66. The first kappa shape index (κ1) is 17.0. The van der Waals surface area contributed by atoms with Crippen LogP contribution in [-0.4, -0.2) is 4.98 Å². The van der Waals surface area contributed by atoms with Crippen molar-refractivity contribution in [1.29, 1.82) is 0 Å². The number of hydrogen-bond donors (Lipinski definition) is 0. The van der Waals surface area contributed by atoms with Gasteiger partial charge in [0.05, 0.1) is 5.69 Å². The predicted molar refractivity (Wildman–Crippen MR) is 97.4 cm³/mol. The maximum Gasteiger partial charge on any atom is 0.0509 e. The number of nitrogens with zero attached hydrogens (tertiary/aromatic N) is 1. The van der Waals surface area contributed by atoms with E-state index in [4.69, 9.17) is 0 Å². The zero-order valence-electron chi connectivity index (χ0n) is 14.4. The zero-order valence-corrected chi connectivity index (χ0v) is 14.4. The monoisotopic (exact) mass is 297 g/mol. The van der Waals surface area contributed by atoms with E-state index in [9.17, 15) is 0 Å². The lowest BCUT2D eigenvalue weighted by atomic mass is 9.95. The summed E-state index contributed by atoms with van der Waals surface area (Å²) in [5, 5.41) is 2.65. The molecule has 1 aromatic carbocycles. The van der Waals surface area contributed by atoms with Crippen LogP contribution in [0, 0.1) is 0 Å². The molecule has 1 nitrogen and oxygen atoms in total. The van der Waals surface area contributed by atoms with Crippen molar-refractivity contribution in [3.63, 3.8) is 0 Å². The third-order valence-electron chi connectivity index (χ3n) is 4.66. The van der Waals surface area contributed by atoms with E-state index in [0.717, 1.165) is 0 Å². The summed E-state index contributed by atoms with van der Waals surface area (Å²) in [6.07, 6.45) is 14.3. The summed E-state index contributed by atoms with van der Waals surface area (Å²) in [6.45, 7) is 4.61. The number of rotatable bonds is 10. The van der Waals surface area contributed by atoms with Crippen LogP contribution in [0.3, 0.4) is 0 Å². The Kier molecular flexibility index (Phi) is 7.42. The van der Waals surface area contributed by atoms with Gasteiger partial charge < -0.3 is 0 Å². The molecule has 0 N–H and O–H groups in total. The number of benzene rings is 1. The molecule has 1 aromatic heterocycles. The minimum atomic E-state index is 0.561. The van der Waals surface area contributed by atoms with Crippen LogP contribution in [0.4, 0.5) is 0 Å². The number of aromatic nitrogens is 1. The van der Waals surface area contributed by atoms with E-state index in [1.165, 1.54) is 74.3 Å². The summed E-state index contributed by atoms with van der Waals surface area (Å²) >= 11 is 0. The van der Waals surface area contributed by atoms with Gasteiger partial charge in [0.25, 0.3) is 0 Å². The topological polar surface area (TPSA) is 12.9 Å². The van der Waals surface area contributed by atoms with Crippen molar-refractivity contribution in [2.24, 2.45) is 0 Å². The van der Waals surface area contributed by atoms with Gasteiger partial charge in [-0.3, -0.25) is 4.98 Å². The predicted octanol–water partition coefficient (Wildman–Crippen LogP) is 6.87. The first-order valence-corrected chi connectivity index (χ1v) is 9.16. The zero-order chi connectivity index (χ0) is 15.6. The highest BCUT2D eigenvalue weighted by Crippen LogP contribution is 2.27. The van der Waals surface area contributed by atoms with Crippen molar-refractivity contribution in [2.75, 3.05) is 0 Å². The van der Waals surface area contributed by atoms with E-state index < -0.39 is 0 Å². The van der Waals surface area contributed by atoms with Gasteiger partial charge in [0.15, 0.2) is 0 Å². The largest absolute Gasteiger partial charge is 0.260 e. The Morgan fingerprint density at radius 1 is 0.864 bits per heavy atom. The molecule has 0 saturated carbocycles. The van der Waals surface area contributed by atoms with E-state index in [-0.39, 0.29) is 0 Å². The van der Waals surface area contributed by atoms with Crippen LogP contribution in [0.15, 0.2) is 36.5 Å². The molecule has 1 heterocycles. The van der Waals surface area contributed by atoms with Crippen molar-refractivity contribution in [3.05, 3.63) is 42.2 Å². The second-order valence-corrected chi connectivity index (χ2v) is 6.58. The van der Waals surface area contributed by atoms with E-state index in [2.05, 4.69) is 49.2 Å². The lowest BCUT2D eigenvalue weighted by Crippen LogP contribution is -1.98. The highest BCUT2D eigenvalue weighted by atomic mass is 14.7. The second kappa shape index (κ2) is 9.61. The standard InChI is InChI=1S/C21H31N/c1-3-4-5-6-7-8-9-10-13-18(2)21-20-15-12-11-14-19(20)16-17-22-21/h11-12,14-18H,3-10,13H2,1-2H3. The van der Waals surface area contributed by atoms with Gasteiger partial charge in [0.2, 0.25) is 0 Å². The van der Waals surface area contributed by atoms with Crippen molar-refractivity contribution in [1.82, 2.24) is 4.98 Å². The average molecular weight is 297 g/mol. The van der Waals surface area contributed by atoms with E-state index in [0.29, 0.717) is 5.92 Å². The highest BCUT2D eigenvalue weighted by Gasteiger charge is 2.10. The van der Waals surface area contributed by atoms with Crippen LogP contribution in [-0.2, 0) is 0 Å². The molecule has 0 amide bonds. The molecule has 0 bridgehead atoms. The molecular weight excluding hydrogens is 266 g/mol. The highest BCUT2D eigenvalue weighted by molar-refractivity contribution is 5.84. The molecule has 0 saturated heterocycles. The van der Waals surface area contributed by atoms with Crippen molar-refractivity contribution in [2.45, 2.75) is 77.6 Å². The Balaban J connectivity index is 1.74. The first-order chi connectivity index (χ1) is 10.8. The molecule has 120 valence electrons. The summed E-state index contributed by atoms with van der Waals surface area (Å²) in [5.41, 5.74) is 1.28. The molecule has 22 heavy (non-hydrogen) atoms. The van der Waals surface area contributed by atoms with Gasteiger partial charge in [-0.25, -0.2) is 0 Å². The third kappa shape index (κ3) is 5.12. The Bertz CT molecular complexity index is 541. The number of pyridine rings is 1. The van der Waals surface area contributed by atoms with Crippen molar-refractivity contribution < 1.29 is 0 Å². The van der Waals surface area contributed by atoms with Crippen LogP contribution < -0.4 is 0 Å². The Morgan fingerprint density at radius 2 is 1.55 bits per heavy atom. The van der Waals surface area contributed by atoms with Crippen molar-refractivity contribution in [3.8, 4) is 0 Å². The maximum atomic E-state index is 4.66. The molecule has 0 fully saturated rings. The van der Waals surface area contributed by atoms with Gasteiger partial charge in [-0.05, 0) is 23.8 Å². The molecule has 0 aliphatic heterocycles. The Labute approximate surface area is 136 Å². The summed E-state index contributed by atoms with van der Waals surface area (Å²) in [7, 11) is 0.